The lowest BCUT2D eigenvalue weighted by Gasteiger charge is -2.23. The summed E-state index contributed by atoms with van der Waals surface area (Å²) >= 11 is 6.10. The molecule has 0 saturated heterocycles. The highest BCUT2D eigenvalue weighted by molar-refractivity contribution is 6.31. The zero-order valence-corrected chi connectivity index (χ0v) is 12.3. The van der Waals surface area contributed by atoms with Crippen molar-refractivity contribution < 1.29 is 4.39 Å². The van der Waals surface area contributed by atoms with E-state index in [9.17, 15) is 4.39 Å². The van der Waals surface area contributed by atoms with E-state index in [4.69, 9.17) is 17.3 Å². The van der Waals surface area contributed by atoms with Crippen LogP contribution in [0, 0.1) is 18.7 Å². The fourth-order valence-electron chi connectivity index (χ4n) is 3.01. The normalized spacial score (nSPS) is 18.5. The highest BCUT2D eigenvalue weighted by atomic mass is 35.5. The van der Waals surface area contributed by atoms with Gasteiger partial charge < -0.3 is 5.73 Å². The lowest BCUT2D eigenvalue weighted by atomic mass is 9.84. The number of aryl methyl sites for hydroxylation is 1. The van der Waals surface area contributed by atoms with Crippen LogP contribution in [-0.4, -0.2) is 0 Å². The van der Waals surface area contributed by atoms with Gasteiger partial charge in [0.1, 0.15) is 5.82 Å². The summed E-state index contributed by atoms with van der Waals surface area (Å²) in [6.07, 6.45) is 8.87. The molecule has 19 heavy (non-hydrogen) atoms. The van der Waals surface area contributed by atoms with Crippen molar-refractivity contribution in [2.45, 2.75) is 57.9 Å². The molecule has 106 valence electrons. The smallest absolute Gasteiger partial charge is 0.127 e. The Balaban J connectivity index is 1.95. The van der Waals surface area contributed by atoms with Gasteiger partial charge in [0.05, 0.1) is 0 Å². The predicted molar refractivity (Wildman–Crippen MR) is 78.9 cm³/mol. The van der Waals surface area contributed by atoms with E-state index >= 15 is 0 Å². The Kier molecular flexibility index (Phi) is 5.23. The van der Waals surface area contributed by atoms with Crippen molar-refractivity contribution in [2.24, 2.45) is 11.7 Å². The van der Waals surface area contributed by atoms with Crippen LogP contribution in [-0.2, 0) is 0 Å². The highest BCUT2D eigenvalue weighted by Crippen LogP contribution is 2.32. The third-order valence-electron chi connectivity index (χ3n) is 4.29. The van der Waals surface area contributed by atoms with Crippen molar-refractivity contribution in [1.29, 1.82) is 0 Å². The quantitative estimate of drug-likeness (QED) is 0.813. The van der Waals surface area contributed by atoms with Gasteiger partial charge in [-0.15, -0.1) is 0 Å². The van der Waals surface area contributed by atoms with E-state index in [2.05, 4.69) is 0 Å². The Morgan fingerprint density at radius 2 is 2.00 bits per heavy atom. The van der Waals surface area contributed by atoms with Gasteiger partial charge in [0, 0.05) is 11.1 Å². The van der Waals surface area contributed by atoms with Crippen LogP contribution in [0.25, 0.3) is 0 Å². The largest absolute Gasteiger partial charge is 0.324 e. The van der Waals surface area contributed by atoms with Gasteiger partial charge in [0.15, 0.2) is 0 Å². The van der Waals surface area contributed by atoms with Gasteiger partial charge in [0.25, 0.3) is 0 Å². The van der Waals surface area contributed by atoms with E-state index in [1.54, 1.807) is 13.0 Å². The van der Waals surface area contributed by atoms with Gasteiger partial charge >= 0.3 is 0 Å². The molecule has 0 aromatic heterocycles. The number of nitrogens with two attached hydrogens (primary N) is 1. The van der Waals surface area contributed by atoms with E-state index in [0.717, 1.165) is 24.3 Å². The number of hydrogen-bond acceptors (Lipinski definition) is 1. The number of rotatable bonds is 4. The summed E-state index contributed by atoms with van der Waals surface area (Å²) in [6, 6.07) is 3.10. The minimum atomic E-state index is -0.256. The Hall–Kier alpha value is -0.600. The van der Waals surface area contributed by atoms with Crippen molar-refractivity contribution in [3.63, 3.8) is 0 Å². The van der Waals surface area contributed by atoms with Gasteiger partial charge in [-0.05, 0) is 42.9 Å². The molecule has 1 aromatic rings. The van der Waals surface area contributed by atoms with Crippen LogP contribution in [0.2, 0.25) is 5.02 Å². The molecule has 1 unspecified atom stereocenters. The molecule has 1 fully saturated rings. The first kappa shape index (κ1) is 14.8. The van der Waals surface area contributed by atoms with Gasteiger partial charge in [0.2, 0.25) is 0 Å². The van der Waals surface area contributed by atoms with Crippen LogP contribution < -0.4 is 5.73 Å². The lowest BCUT2D eigenvalue weighted by Crippen LogP contribution is -2.15. The third-order valence-corrected chi connectivity index (χ3v) is 4.62. The van der Waals surface area contributed by atoms with E-state index in [-0.39, 0.29) is 11.9 Å². The minimum Gasteiger partial charge on any atom is -0.324 e. The van der Waals surface area contributed by atoms with Crippen molar-refractivity contribution in [3.8, 4) is 0 Å². The van der Waals surface area contributed by atoms with Gasteiger partial charge in [-0.25, -0.2) is 4.39 Å². The van der Waals surface area contributed by atoms with Gasteiger partial charge in [-0.2, -0.15) is 0 Å². The molecule has 2 rings (SSSR count). The predicted octanol–water partition coefficient (Wildman–Crippen LogP) is 5.15. The molecule has 1 aliphatic rings. The fraction of sp³-hybridized carbons (Fsp3) is 0.625. The standard InChI is InChI=1S/C16H23ClFN/c1-11-9-13(14(17)10-15(11)18)16(19)8-7-12-5-3-2-4-6-12/h9-10,12,16H,2-8,19H2,1H3. The number of hydrogen-bond donors (Lipinski definition) is 1. The molecule has 0 aliphatic heterocycles. The zero-order valence-electron chi connectivity index (χ0n) is 11.6. The van der Waals surface area contributed by atoms with Crippen LogP contribution in [0.1, 0.15) is 62.1 Å². The molecule has 0 spiro atoms. The number of benzene rings is 1. The molecule has 0 bridgehead atoms. The second-order valence-electron chi connectivity index (χ2n) is 5.81. The van der Waals surface area contributed by atoms with Crippen molar-refractivity contribution in [3.05, 3.63) is 34.1 Å². The average molecular weight is 284 g/mol. The molecule has 1 saturated carbocycles. The molecule has 3 heteroatoms. The van der Waals surface area contributed by atoms with E-state index in [1.807, 2.05) is 0 Å². The average Bonchev–Trinajstić information content (AvgIpc) is 2.41. The van der Waals surface area contributed by atoms with Crippen molar-refractivity contribution >= 4 is 11.6 Å². The lowest BCUT2D eigenvalue weighted by molar-refractivity contribution is 0.324. The zero-order chi connectivity index (χ0) is 13.8. The van der Waals surface area contributed by atoms with Crippen LogP contribution in [0.3, 0.4) is 0 Å². The third kappa shape index (κ3) is 3.93. The Morgan fingerprint density at radius 1 is 1.32 bits per heavy atom. The Labute approximate surface area is 120 Å². The second kappa shape index (κ2) is 6.71. The first-order valence-corrected chi connectivity index (χ1v) is 7.67. The first-order chi connectivity index (χ1) is 9.08. The topological polar surface area (TPSA) is 26.0 Å². The van der Waals surface area contributed by atoms with E-state index in [0.29, 0.717) is 10.6 Å². The molecular weight excluding hydrogens is 261 g/mol. The van der Waals surface area contributed by atoms with Crippen molar-refractivity contribution in [1.82, 2.24) is 0 Å². The monoisotopic (exact) mass is 283 g/mol. The summed E-state index contributed by atoms with van der Waals surface area (Å²) in [6.45, 7) is 1.75. The number of halogens is 2. The Bertz CT molecular complexity index is 427. The molecule has 1 aromatic carbocycles. The fourth-order valence-corrected chi connectivity index (χ4v) is 3.30. The molecule has 0 radical (unpaired) electrons. The summed E-state index contributed by atoms with van der Waals surface area (Å²) in [7, 11) is 0. The van der Waals surface area contributed by atoms with E-state index in [1.165, 1.54) is 38.2 Å². The maximum Gasteiger partial charge on any atom is 0.127 e. The summed E-state index contributed by atoms with van der Waals surface area (Å²) in [5.41, 5.74) is 7.73. The molecule has 1 atom stereocenters. The summed E-state index contributed by atoms with van der Waals surface area (Å²) < 4.78 is 13.4. The SMILES string of the molecule is Cc1cc(C(N)CCC2CCCCC2)c(Cl)cc1F. The van der Waals surface area contributed by atoms with Crippen LogP contribution in [0.5, 0.6) is 0 Å². The first-order valence-electron chi connectivity index (χ1n) is 7.29. The molecule has 0 amide bonds. The van der Waals surface area contributed by atoms with Gasteiger partial charge in [-0.3, -0.25) is 0 Å². The molecular formula is C16H23ClFN. The minimum absolute atomic E-state index is 0.0753. The Morgan fingerprint density at radius 3 is 2.68 bits per heavy atom. The second-order valence-corrected chi connectivity index (χ2v) is 6.22. The molecule has 2 N–H and O–H groups in total. The van der Waals surface area contributed by atoms with Crippen molar-refractivity contribution in [2.75, 3.05) is 0 Å². The molecule has 1 nitrogen and oxygen atoms in total. The highest BCUT2D eigenvalue weighted by Gasteiger charge is 2.17. The van der Waals surface area contributed by atoms with Crippen LogP contribution >= 0.6 is 11.6 Å². The van der Waals surface area contributed by atoms with E-state index < -0.39 is 0 Å². The van der Waals surface area contributed by atoms with Crippen LogP contribution in [0.4, 0.5) is 4.39 Å². The van der Waals surface area contributed by atoms with Gasteiger partial charge in [-0.1, -0.05) is 49.8 Å². The van der Waals surface area contributed by atoms with Crippen LogP contribution in [0.15, 0.2) is 12.1 Å². The molecule has 0 heterocycles. The summed E-state index contributed by atoms with van der Waals surface area (Å²) in [4.78, 5) is 0. The summed E-state index contributed by atoms with van der Waals surface area (Å²) in [5, 5.41) is 0.458. The summed E-state index contributed by atoms with van der Waals surface area (Å²) in [5.74, 6) is 0.563. The maximum absolute atomic E-state index is 13.4. The maximum atomic E-state index is 13.4. The molecule has 1 aliphatic carbocycles.